The van der Waals surface area contributed by atoms with E-state index in [1.165, 1.54) is 0 Å². The molecule has 0 saturated heterocycles. The minimum atomic E-state index is -1.36. The van der Waals surface area contributed by atoms with Crippen molar-refractivity contribution in [1.29, 1.82) is 0 Å². The van der Waals surface area contributed by atoms with Gasteiger partial charge in [-0.15, -0.1) is 0 Å². The Morgan fingerprint density at radius 3 is 1.35 bits per heavy atom. The lowest BCUT2D eigenvalue weighted by Crippen LogP contribution is -2.20. The molecule has 0 bridgehead atoms. The van der Waals surface area contributed by atoms with Crippen molar-refractivity contribution in [2.45, 2.75) is 51.0 Å². The maximum Gasteiger partial charge on any atom is 0.192 e. The Labute approximate surface area is 108 Å². The molecule has 0 saturated carbocycles. The Hall–Kier alpha value is -0.560. The van der Waals surface area contributed by atoms with Crippen molar-refractivity contribution in [3.63, 3.8) is 0 Å². The molecule has 0 aromatic heterocycles. The monoisotopic (exact) mass is 280 g/mol. The molecular weight excluding hydrogens is 260 g/mol. The third kappa shape index (κ3) is 7.38. The first-order valence-corrected chi connectivity index (χ1v) is 7.31. The molecule has 0 fully saturated rings. The van der Waals surface area contributed by atoms with Crippen molar-refractivity contribution in [3.8, 4) is 0 Å². The second-order valence-electron chi connectivity index (χ2n) is 5.28. The lowest BCUT2D eigenvalue weighted by atomic mass is 10.3. The van der Waals surface area contributed by atoms with Crippen molar-refractivity contribution >= 4 is 34.8 Å². The molecule has 17 heavy (non-hydrogen) atoms. The number of hydrogen-bond donors (Lipinski definition) is 0. The predicted molar refractivity (Wildman–Crippen MR) is 73.9 cm³/mol. The van der Waals surface area contributed by atoms with Crippen LogP contribution in [0.2, 0.25) is 0 Å². The van der Waals surface area contributed by atoms with E-state index >= 15 is 0 Å². The van der Waals surface area contributed by atoms with Crippen LogP contribution in [0.1, 0.15) is 41.5 Å². The first-order valence-electron chi connectivity index (χ1n) is 5.09. The second kappa shape index (κ2) is 6.39. The standard InChI is InChI=1S/C10H20N2O3S2/c1-9(2,3)16(13)11-7-15-8-12-17(14)10(4,5)6/h7-8H,1-6H3/b11-7+,12-8+/t16-,17-/m1/s1. The number of nitrogens with zero attached hydrogens (tertiary/aromatic N) is 2. The topological polar surface area (TPSA) is 68.1 Å². The SMILES string of the molecule is CC(C)(C)[S@@](=O)/N=C/O/C=N/[S@](=O)C(C)(C)C. The van der Waals surface area contributed by atoms with Crippen LogP contribution >= 0.6 is 0 Å². The summed E-state index contributed by atoms with van der Waals surface area (Å²) < 4.78 is 34.2. The molecule has 0 spiro atoms. The summed E-state index contributed by atoms with van der Waals surface area (Å²) in [4.78, 5) is 0. The van der Waals surface area contributed by atoms with E-state index in [0.717, 1.165) is 12.8 Å². The van der Waals surface area contributed by atoms with Crippen LogP contribution in [0.25, 0.3) is 0 Å². The fourth-order valence-electron chi connectivity index (χ4n) is 0.471. The summed E-state index contributed by atoms with van der Waals surface area (Å²) in [5, 5.41) is 0. The van der Waals surface area contributed by atoms with E-state index in [-0.39, 0.29) is 0 Å². The van der Waals surface area contributed by atoms with Crippen LogP contribution in [-0.4, -0.2) is 30.7 Å². The van der Waals surface area contributed by atoms with Gasteiger partial charge in [-0.25, -0.2) is 8.42 Å². The highest BCUT2D eigenvalue weighted by molar-refractivity contribution is 7.85. The molecule has 0 unspecified atom stereocenters. The van der Waals surface area contributed by atoms with Gasteiger partial charge in [-0.05, 0) is 41.5 Å². The maximum absolute atomic E-state index is 11.4. The van der Waals surface area contributed by atoms with Crippen LogP contribution in [-0.2, 0) is 26.7 Å². The van der Waals surface area contributed by atoms with Crippen molar-refractivity contribution < 1.29 is 13.2 Å². The van der Waals surface area contributed by atoms with Crippen molar-refractivity contribution in [1.82, 2.24) is 0 Å². The Bertz CT molecular complexity index is 318. The van der Waals surface area contributed by atoms with E-state index < -0.39 is 31.5 Å². The van der Waals surface area contributed by atoms with Crippen LogP contribution in [0.5, 0.6) is 0 Å². The lowest BCUT2D eigenvalue weighted by Gasteiger charge is -2.12. The molecular formula is C10H20N2O3S2. The highest BCUT2D eigenvalue weighted by Gasteiger charge is 2.19. The Morgan fingerprint density at radius 2 is 1.12 bits per heavy atom. The zero-order valence-electron chi connectivity index (χ0n) is 11.1. The fourth-order valence-corrected chi connectivity index (χ4v) is 1.36. The van der Waals surface area contributed by atoms with Crippen molar-refractivity contribution in [2.24, 2.45) is 8.80 Å². The summed E-state index contributed by atoms with van der Waals surface area (Å²) in [6.07, 6.45) is 2.09. The zero-order valence-corrected chi connectivity index (χ0v) is 12.7. The third-order valence-corrected chi connectivity index (χ3v) is 4.10. The summed E-state index contributed by atoms with van der Waals surface area (Å²) in [5.41, 5.74) is 0. The lowest BCUT2D eigenvalue weighted by molar-refractivity contribution is 0.593. The van der Waals surface area contributed by atoms with Crippen LogP contribution < -0.4 is 0 Å². The summed E-state index contributed by atoms with van der Waals surface area (Å²) in [7, 11) is -2.72. The Morgan fingerprint density at radius 1 is 0.824 bits per heavy atom. The van der Waals surface area contributed by atoms with Crippen LogP contribution in [0.15, 0.2) is 8.80 Å². The average molecular weight is 280 g/mol. The van der Waals surface area contributed by atoms with Gasteiger partial charge in [-0.1, -0.05) is 0 Å². The first-order chi connectivity index (χ1) is 7.55. The highest BCUT2D eigenvalue weighted by atomic mass is 32.2. The van der Waals surface area contributed by atoms with Crippen molar-refractivity contribution in [3.05, 3.63) is 0 Å². The van der Waals surface area contributed by atoms with Gasteiger partial charge in [0.1, 0.15) is 22.0 Å². The third-order valence-electron chi connectivity index (χ3n) is 1.45. The molecule has 0 heterocycles. The zero-order chi connectivity index (χ0) is 13.7. The minimum absolute atomic E-state index is 0.425. The van der Waals surface area contributed by atoms with E-state index in [1.54, 1.807) is 0 Å². The molecule has 0 rings (SSSR count). The molecule has 0 aromatic carbocycles. The number of ether oxygens (including phenoxy) is 1. The van der Waals surface area contributed by atoms with Crippen LogP contribution in [0, 0.1) is 0 Å². The average Bonchev–Trinajstić information content (AvgIpc) is 2.13. The van der Waals surface area contributed by atoms with Gasteiger partial charge < -0.3 is 4.74 Å². The van der Waals surface area contributed by atoms with E-state index in [4.69, 9.17) is 4.74 Å². The van der Waals surface area contributed by atoms with Gasteiger partial charge in [-0.2, -0.15) is 8.80 Å². The van der Waals surface area contributed by atoms with Crippen LogP contribution in [0.4, 0.5) is 0 Å². The summed E-state index contributed by atoms with van der Waals surface area (Å²) >= 11 is 0. The molecule has 0 aliphatic heterocycles. The molecule has 2 atom stereocenters. The van der Waals surface area contributed by atoms with E-state index in [2.05, 4.69) is 8.80 Å². The molecule has 0 aliphatic rings. The van der Waals surface area contributed by atoms with Gasteiger partial charge in [0, 0.05) is 0 Å². The smallest absolute Gasteiger partial charge is 0.192 e. The summed E-state index contributed by atoms with van der Waals surface area (Å²) in [5.74, 6) is 0. The van der Waals surface area contributed by atoms with Gasteiger partial charge >= 0.3 is 0 Å². The van der Waals surface area contributed by atoms with E-state index in [0.29, 0.717) is 0 Å². The normalized spacial score (nSPS) is 17.5. The molecule has 0 amide bonds. The molecule has 0 aliphatic carbocycles. The number of hydrogen-bond acceptors (Lipinski definition) is 3. The quantitative estimate of drug-likeness (QED) is 0.584. The summed E-state index contributed by atoms with van der Waals surface area (Å²) in [6.45, 7) is 10.9. The number of rotatable bonds is 4. The first kappa shape index (κ1) is 16.4. The summed E-state index contributed by atoms with van der Waals surface area (Å²) in [6, 6.07) is 0. The molecule has 0 aromatic rings. The maximum atomic E-state index is 11.4. The van der Waals surface area contributed by atoms with Gasteiger partial charge in [0.15, 0.2) is 12.8 Å². The fraction of sp³-hybridized carbons (Fsp3) is 0.800. The molecule has 0 N–H and O–H groups in total. The van der Waals surface area contributed by atoms with Crippen molar-refractivity contribution in [2.75, 3.05) is 0 Å². The largest absolute Gasteiger partial charge is 0.433 e. The van der Waals surface area contributed by atoms with E-state index in [9.17, 15) is 8.42 Å². The molecule has 100 valence electrons. The Kier molecular flexibility index (Phi) is 6.18. The highest BCUT2D eigenvalue weighted by Crippen LogP contribution is 2.12. The van der Waals surface area contributed by atoms with Crippen LogP contribution in [0.3, 0.4) is 0 Å². The second-order valence-corrected chi connectivity index (χ2v) is 9.15. The van der Waals surface area contributed by atoms with Gasteiger partial charge in [0.2, 0.25) is 0 Å². The van der Waals surface area contributed by atoms with Gasteiger partial charge in [-0.3, -0.25) is 0 Å². The Balaban J connectivity index is 4.18. The predicted octanol–water partition coefficient (Wildman–Crippen LogP) is 1.98. The molecule has 0 radical (unpaired) electrons. The van der Waals surface area contributed by atoms with E-state index in [1.807, 2.05) is 41.5 Å². The molecule has 5 nitrogen and oxygen atoms in total. The van der Waals surface area contributed by atoms with Gasteiger partial charge in [0.25, 0.3) is 0 Å². The molecule has 7 heteroatoms. The van der Waals surface area contributed by atoms with Gasteiger partial charge in [0.05, 0.1) is 9.49 Å². The minimum Gasteiger partial charge on any atom is -0.433 e.